The van der Waals surface area contributed by atoms with Crippen LogP contribution in [-0.4, -0.2) is 37.8 Å². The van der Waals surface area contributed by atoms with Crippen LogP contribution < -0.4 is 9.47 Å². The number of carbonyl (C=O) groups excluding carboxylic acids is 2. The summed E-state index contributed by atoms with van der Waals surface area (Å²) in [4.78, 5) is 35.0. The van der Waals surface area contributed by atoms with E-state index in [4.69, 9.17) is 21.1 Å². The van der Waals surface area contributed by atoms with Crippen molar-refractivity contribution in [1.29, 1.82) is 0 Å². The molecule has 0 saturated heterocycles. The van der Waals surface area contributed by atoms with Crippen LogP contribution in [0.25, 0.3) is 27.9 Å². The Labute approximate surface area is 216 Å². The van der Waals surface area contributed by atoms with Crippen molar-refractivity contribution in [3.63, 3.8) is 0 Å². The number of nitrogens with zero attached hydrogens (tertiary/aromatic N) is 2. The molecule has 2 aliphatic heterocycles. The first kappa shape index (κ1) is 22.2. The summed E-state index contributed by atoms with van der Waals surface area (Å²) in [6.07, 6.45) is 4.88. The topological polar surface area (TPSA) is 98.6 Å². The predicted octanol–water partition coefficient (Wildman–Crippen LogP) is 4.68. The molecule has 4 aromatic rings. The van der Waals surface area contributed by atoms with Gasteiger partial charge in [-0.3, -0.25) is 19.6 Å². The number of aliphatic hydroxyl groups is 1. The van der Waals surface area contributed by atoms with Crippen LogP contribution in [0.2, 0.25) is 0 Å². The number of hydrogen-bond acceptors (Lipinski definition) is 7. The number of ketones is 2. The highest BCUT2D eigenvalue weighted by molar-refractivity contribution is 6.45. The lowest BCUT2D eigenvalue weighted by atomic mass is 9.65. The first-order chi connectivity index (χ1) is 17.8. The van der Waals surface area contributed by atoms with E-state index in [1.54, 1.807) is 24.5 Å². The van der Waals surface area contributed by atoms with E-state index in [0.717, 1.165) is 32.9 Å². The third-order valence-electron chi connectivity index (χ3n) is 7.48. The normalized spacial score (nSPS) is 23.9. The molecule has 8 heteroatoms. The second kappa shape index (κ2) is 7.47. The van der Waals surface area contributed by atoms with Crippen LogP contribution in [-0.2, 0) is 16.0 Å². The van der Waals surface area contributed by atoms with Crippen molar-refractivity contribution >= 4 is 51.0 Å². The number of rotatable bonds is 2. The lowest BCUT2D eigenvalue weighted by molar-refractivity contribution is -0.160. The van der Waals surface area contributed by atoms with Gasteiger partial charge in [-0.15, -0.1) is 0 Å². The summed E-state index contributed by atoms with van der Waals surface area (Å²) in [7, 11) is 0. The van der Waals surface area contributed by atoms with Gasteiger partial charge in [0, 0.05) is 52.7 Å². The van der Waals surface area contributed by atoms with E-state index in [1.807, 2.05) is 42.5 Å². The van der Waals surface area contributed by atoms with Gasteiger partial charge >= 0.3 is 0 Å². The minimum atomic E-state index is -2.26. The third kappa shape index (κ3) is 2.86. The Morgan fingerprint density at radius 3 is 2.43 bits per heavy atom. The van der Waals surface area contributed by atoms with Crippen molar-refractivity contribution < 1.29 is 24.2 Å². The van der Waals surface area contributed by atoms with Crippen LogP contribution in [0.5, 0.6) is 11.5 Å². The summed E-state index contributed by atoms with van der Waals surface area (Å²) in [6.45, 7) is 1.33. The lowest BCUT2D eigenvalue weighted by Crippen LogP contribution is -2.66. The van der Waals surface area contributed by atoms with Crippen LogP contribution in [0.3, 0.4) is 0 Å². The zero-order valence-corrected chi connectivity index (χ0v) is 20.4. The Bertz CT molecular complexity index is 1780. The van der Waals surface area contributed by atoms with Crippen LogP contribution in [0.4, 0.5) is 0 Å². The summed E-state index contributed by atoms with van der Waals surface area (Å²) in [5.41, 5.74) is -0.501. The van der Waals surface area contributed by atoms with Crippen LogP contribution in [0, 0.1) is 0 Å². The molecule has 2 aromatic heterocycles. The first-order valence-corrected chi connectivity index (χ1v) is 12.2. The molecule has 0 saturated carbocycles. The molecular weight excluding hydrogens is 492 g/mol. The molecule has 1 aliphatic carbocycles. The molecule has 182 valence electrons. The molecule has 37 heavy (non-hydrogen) atoms. The quantitative estimate of drug-likeness (QED) is 0.418. The van der Waals surface area contributed by atoms with Crippen LogP contribution in [0.15, 0.2) is 77.3 Å². The zero-order valence-electron chi connectivity index (χ0n) is 19.6. The highest BCUT2D eigenvalue weighted by Gasteiger charge is 2.67. The number of ether oxygens (including phenoxy) is 2. The van der Waals surface area contributed by atoms with E-state index < -0.39 is 23.4 Å². The number of Topliss-reactive ketones (excluding diaryl/α,β-unsaturated/α-hetero) is 2. The largest absolute Gasteiger partial charge is 0.478 e. The Kier molecular flexibility index (Phi) is 4.47. The van der Waals surface area contributed by atoms with Crippen LogP contribution in [0.1, 0.15) is 24.5 Å². The fraction of sp³-hybridized carbons (Fsp3) is 0.172. The number of hydrogen-bond donors (Lipinski definition) is 1. The second-order valence-electron chi connectivity index (χ2n) is 9.64. The summed E-state index contributed by atoms with van der Waals surface area (Å²) in [6, 6.07) is 14.7. The smallest absolute Gasteiger partial charge is 0.214 e. The van der Waals surface area contributed by atoms with E-state index in [2.05, 4.69) is 9.97 Å². The molecule has 7 rings (SSSR count). The molecule has 0 amide bonds. The summed E-state index contributed by atoms with van der Waals surface area (Å²) in [5.74, 6) is -0.0634. The average molecular weight is 511 g/mol. The first-order valence-electron chi connectivity index (χ1n) is 11.8. The molecule has 1 N–H and O–H groups in total. The standard InChI is InChI=1S/C29H19ClN2O5/c1-15(33)13-28(35)27(34)25(30)26-20(12-18-16-4-2-10-31-21(16)6-8-23(18)36-26)29(28)14-19-17-5-3-11-32-22(17)7-9-24(19)37-29/h2-12,35H,13-14H2,1H3/t28-,29-/m0/s1. The summed E-state index contributed by atoms with van der Waals surface area (Å²) in [5, 5.41) is 13.5. The van der Waals surface area contributed by atoms with Gasteiger partial charge in [-0.25, -0.2) is 0 Å². The fourth-order valence-corrected chi connectivity index (χ4v) is 6.13. The molecule has 0 bridgehead atoms. The van der Waals surface area contributed by atoms with Crippen molar-refractivity contribution in [2.45, 2.75) is 31.0 Å². The van der Waals surface area contributed by atoms with E-state index in [0.29, 0.717) is 17.1 Å². The molecule has 7 nitrogen and oxygen atoms in total. The molecule has 2 atom stereocenters. The number of aromatic nitrogens is 2. The zero-order chi connectivity index (χ0) is 25.5. The Morgan fingerprint density at radius 1 is 1.03 bits per heavy atom. The van der Waals surface area contributed by atoms with Crippen molar-refractivity contribution in [3.8, 4) is 11.5 Å². The van der Waals surface area contributed by atoms with Gasteiger partial charge in [0.25, 0.3) is 0 Å². The lowest BCUT2D eigenvalue weighted by Gasteiger charge is -2.48. The maximum atomic E-state index is 13.7. The van der Waals surface area contributed by atoms with Crippen molar-refractivity contribution in [3.05, 3.63) is 88.4 Å². The van der Waals surface area contributed by atoms with E-state index in [-0.39, 0.29) is 23.0 Å². The minimum absolute atomic E-state index is 0.113. The molecule has 0 radical (unpaired) electrons. The van der Waals surface area contributed by atoms with Crippen molar-refractivity contribution in [2.24, 2.45) is 0 Å². The average Bonchev–Trinajstić information content (AvgIpc) is 3.32. The van der Waals surface area contributed by atoms with Crippen molar-refractivity contribution in [2.75, 3.05) is 0 Å². The van der Waals surface area contributed by atoms with Gasteiger partial charge in [0.05, 0.1) is 11.0 Å². The van der Waals surface area contributed by atoms with Gasteiger partial charge < -0.3 is 14.6 Å². The predicted molar refractivity (Wildman–Crippen MR) is 137 cm³/mol. The molecule has 0 unspecified atom stereocenters. The van der Waals surface area contributed by atoms with Crippen molar-refractivity contribution in [1.82, 2.24) is 9.97 Å². The fourth-order valence-electron chi connectivity index (χ4n) is 5.83. The minimum Gasteiger partial charge on any atom is -0.478 e. The molecular formula is C29H19ClN2O5. The summed E-state index contributed by atoms with van der Waals surface area (Å²) >= 11 is 6.58. The monoisotopic (exact) mass is 510 g/mol. The van der Waals surface area contributed by atoms with Gasteiger partial charge in [-0.2, -0.15) is 0 Å². The van der Waals surface area contributed by atoms with Gasteiger partial charge in [0.1, 0.15) is 22.3 Å². The number of pyridine rings is 2. The maximum absolute atomic E-state index is 13.7. The van der Waals surface area contributed by atoms with Crippen LogP contribution >= 0.6 is 11.6 Å². The Morgan fingerprint density at radius 2 is 1.70 bits per heavy atom. The number of carbonyl (C=O) groups is 2. The molecule has 2 aromatic carbocycles. The number of fused-ring (bicyclic) bond motifs is 8. The van der Waals surface area contributed by atoms with E-state index in [1.165, 1.54) is 6.92 Å². The number of benzene rings is 2. The summed E-state index contributed by atoms with van der Waals surface area (Å²) < 4.78 is 12.8. The molecule has 1 spiro atoms. The van der Waals surface area contributed by atoms with Gasteiger partial charge in [0.15, 0.2) is 17.0 Å². The molecule has 0 fully saturated rings. The molecule has 3 aliphatic rings. The Balaban J connectivity index is 1.54. The SMILES string of the molecule is CC(=O)C[C@]1(O)C(=O)C(Cl)=C2Oc3ccc4ncccc4c3C=C2[C@@]12Cc1c(ccc3ncccc13)O2. The van der Waals surface area contributed by atoms with Gasteiger partial charge in [-0.05, 0) is 49.4 Å². The third-order valence-corrected chi connectivity index (χ3v) is 7.82. The van der Waals surface area contributed by atoms with E-state index in [9.17, 15) is 14.7 Å². The highest BCUT2D eigenvalue weighted by atomic mass is 35.5. The highest BCUT2D eigenvalue weighted by Crippen LogP contribution is 2.56. The maximum Gasteiger partial charge on any atom is 0.214 e. The van der Waals surface area contributed by atoms with Gasteiger partial charge in [-0.1, -0.05) is 23.7 Å². The van der Waals surface area contributed by atoms with E-state index >= 15 is 0 Å². The molecule has 4 heterocycles. The second-order valence-corrected chi connectivity index (χ2v) is 10.0. The number of halogens is 1. The van der Waals surface area contributed by atoms with Gasteiger partial charge in [0.2, 0.25) is 5.78 Å². The Hall–Kier alpha value is -4.07.